The molecule has 11 heavy (non-hydrogen) atoms. The van der Waals surface area contributed by atoms with Gasteiger partial charge in [0, 0.05) is 6.54 Å². The van der Waals surface area contributed by atoms with Crippen LogP contribution in [0.4, 0.5) is 8.78 Å². The fourth-order valence-electron chi connectivity index (χ4n) is 1.15. The van der Waals surface area contributed by atoms with E-state index in [9.17, 15) is 8.78 Å². The van der Waals surface area contributed by atoms with Gasteiger partial charge in [-0.2, -0.15) is 0 Å². The summed E-state index contributed by atoms with van der Waals surface area (Å²) in [6, 6.07) is 0. The first-order valence-electron chi connectivity index (χ1n) is 3.84. The molecule has 0 aromatic carbocycles. The monoisotopic (exact) mass is 165 g/mol. The molecule has 0 radical (unpaired) electrons. The highest BCUT2D eigenvalue weighted by Gasteiger charge is 2.24. The van der Waals surface area contributed by atoms with Crippen molar-refractivity contribution in [2.24, 2.45) is 0 Å². The van der Waals surface area contributed by atoms with Crippen molar-refractivity contribution in [2.45, 2.75) is 32.0 Å². The Kier molecular flexibility index (Phi) is 3.20. The van der Waals surface area contributed by atoms with E-state index in [4.69, 9.17) is 4.74 Å². The van der Waals surface area contributed by atoms with Gasteiger partial charge in [-0.25, -0.2) is 8.78 Å². The molecular weight excluding hydrogens is 152 g/mol. The summed E-state index contributed by atoms with van der Waals surface area (Å²) >= 11 is 0. The fourth-order valence-corrected chi connectivity index (χ4v) is 1.15. The van der Waals surface area contributed by atoms with E-state index in [1.165, 1.54) is 0 Å². The molecule has 1 aliphatic rings. The minimum Gasteiger partial charge on any atom is -0.368 e. The molecule has 0 amide bonds. The standard InChI is InChI=1S/C7H13F2NO/c1-5-4-10-3-2-6(11-5)7(8)9/h5-7,10H,2-4H2,1H3. The molecule has 1 heterocycles. The summed E-state index contributed by atoms with van der Waals surface area (Å²) in [5.74, 6) is 0. The van der Waals surface area contributed by atoms with Gasteiger partial charge in [0.05, 0.1) is 6.10 Å². The van der Waals surface area contributed by atoms with Crippen molar-refractivity contribution in [3.63, 3.8) is 0 Å². The van der Waals surface area contributed by atoms with Gasteiger partial charge in [-0.05, 0) is 19.9 Å². The second kappa shape index (κ2) is 3.97. The van der Waals surface area contributed by atoms with Crippen LogP contribution in [0.15, 0.2) is 0 Å². The van der Waals surface area contributed by atoms with Crippen molar-refractivity contribution in [1.82, 2.24) is 5.32 Å². The van der Waals surface area contributed by atoms with Gasteiger partial charge in [0.25, 0.3) is 6.43 Å². The Balaban J connectivity index is 2.39. The van der Waals surface area contributed by atoms with Gasteiger partial charge >= 0.3 is 0 Å². The summed E-state index contributed by atoms with van der Waals surface area (Å²) in [5, 5.41) is 3.02. The average Bonchev–Trinajstić information content (AvgIpc) is 2.13. The van der Waals surface area contributed by atoms with E-state index >= 15 is 0 Å². The van der Waals surface area contributed by atoms with Crippen molar-refractivity contribution in [1.29, 1.82) is 0 Å². The maximum atomic E-state index is 12.1. The Morgan fingerprint density at radius 3 is 2.91 bits per heavy atom. The maximum Gasteiger partial charge on any atom is 0.264 e. The van der Waals surface area contributed by atoms with Crippen LogP contribution in [0.25, 0.3) is 0 Å². The van der Waals surface area contributed by atoms with Crippen LogP contribution in [0.1, 0.15) is 13.3 Å². The van der Waals surface area contributed by atoms with Crippen molar-refractivity contribution in [3.8, 4) is 0 Å². The van der Waals surface area contributed by atoms with E-state index in [2.05, 4.69) is 5.32 Å². The van der Waals surface area contributed by atoms with Gasteiger partial charge in [-0.15, -0.1) is 0 Å². The summed E-state index contributed by atoms with van der Waals surface area (Å²) in [6.07, 6.45) is -2.92. The first kappa shape index (κ1) is 8.87. The van der Waals surface area contributed by atoms with E-state index in [1.807, 2.05) is 0 Å². The lowest BCUT2D eigenvalue weighted by Gasteiger charge is -2.16. The van der Waals surface area contributed by atoms with Crippen LogP contribution in [0.2, 0.25) is 0 Å². The molecule has 1 rings (SSSR count). The molecule has 1 fully saturated rings. The highest BCUT2D eigenvalue weighted by molar-refractivity contribution is 4.70. The Morgan fingerprint density at radius 2 is 2.27 bits per heavy atom. The predicted molar refractivity (Wildman–Crippen MR) is 37.8 cm³/mol. The summed E-state index contributed by atoms with van der Waals surface area (Å²) in [6.45, 7) is 3.09. The molecule has 1 saturated heterocycles. The van der Waals surface area contributed by atoms with E-state index in [0.29, 0.717) is 19.5 Å². The van der Waals surface area contributed by atoms with E-state index in [-0.39, 0.29) is 6.10 Å². The molecule has 0 aromatic rings. The van der Waals surface area contributed by atoms with Crippen LogP contribution in [-0.4, -0.2) is 31.7 Å². The van der Waals surface area contributed by atoms with Crippen molar-refractivity contribution in [2.75, 3.05) is 13.1 Å². The van der Waals surface area contributed by atoms with Gasteiger partial charge in [0.1, 0.15) is 6.10 Å². The SMILES string of the molecule is CC1CNCCC(C(F)F)O1. The highest BCUT2D eigenvalue weighted by Crippen LogP contribution is 2.13. The summed E-state index contributed by atoms with van der Waals surface area (Å²) in [7, 11) is 0. The molecule has 2 unspecified atom stereocenters. The molecule has 1 aliphatic heterocycles. The molecular formula is C7H13F2NO. The highest BCUT2D eigenvalue weighted by atomic mass is 19.3. The predicted octanol–water partition coefficient (Wildman–Crippen LogP) is 1.02. The molecule has 0 spiro atoms. The average molecular weight is 165 g/mol. The maximum absolute atomic E-state index is 12.1. The third kappa shape index (κ3) is 2.71. The molecule has 2 nitrogen and oxygen atoms in total. The lowest BCUT2D eigenvalue weighted by atomic mass is 10.2. The summed E-state index contributed by atoms with van der Waals surface area (Å²) in [5.41, 5.74) is 0. The summed E-state index contributed by atoms with van der Waals surface area (Å²) < 4.78 is 29.3. The van der Waals surface area contributed by atoms with Gasteiger partial charge in [0.2, 0.25) is 0 Å². The third-order valence-electron chi connectivity index (χ3n) is 1.73. The minimum atomic E-state index is -2.35. The molecule has 66 valence electrons. The van der Waals surface area contributed by atoms with Crippen molar-refractivity contribution >= 4 is 0 Å². The minimum absolute atomic E-state index is 0.100. The van der Waals surface area contributed by atoms with Crippen LogP contribution < -0.4 is 5.32 Å². The second-order valence-corrected chi connectivity index (χ2v) is 2.81. The number of ether oxygens (including phenoxy) is 1. The Morgan fingerprint density at radius 1 is 1.55 bits per heavy atom. The van der Waals surface area contributed by atoms with Crippen molar-refractivity contribution < 1.29 is 13.5 Å². The molecule has 0 saturated carbocycles. The van der Waals surface area contributed by atoms with E-state index < -0.39 is 12.5 Å². The van der Waals surface area contributed by atoms with Crippen LogP contribution in [0.5, 0.6) is 0 Å². The van der Waals surface area contributed by atoms with Gasteiger partial charge in [0.15, 0.2) is 0 Å². The number of hydrogen-bond acceptors (Lipinski definition) is 2. The number of rotatable bonds is 1. The van der Waals surface area contributed by atoms with Crippen LogP contribution >= 0.6 is 0 Å². The topological polar surface area (TPSA) is 21.3 Å². The zero-order valence-corrected chi connectivity index (χ0v) is 6.52. The van der Waals surface area contributed by atoms with E-state index in [1.54, 1.807) is 6.92 Å². The molecule has 0 aromatic heterocycles. The molecule has 0 aliphatic carbocycles. The molecule has 2 atom stereocenters. The molecule has 4 heteroatoms. The largest absolute Gasteiger partial charge is 0.368 e. The molecule has 0 bridgehead atoms. The van der Waals surface area contributed by atoms with Crippen molar-refractivity contribution in [3.05, 3.63) is 0 Å². The Bertz CT molecular complexity index is 121. The Labute approximate surface area is 64.9 Å². The van der Waals surface area contributed by atoms with Gasteiger partial charge in [-0.1, -0.05) is 0 Å². The quantitative estimate of drug-likeness (QED) is 0.626. The lowest BCUT2D eigenvalue weighted by Crippen LogP contribution is -2.26. The van der Waals surface area contributed by atoms with Crippen LogP contribution in [0, 0.1) is 0 Å². The smallest absolute Gasteiger partial charge is 0.264 e. The number of halogens is 2. The zero-order chi connectivity index (χ0) is 8.27. The summed E-state index contributed by atoms with van der Waals surface area (Å²) in [4.78, 5) is 0. The number of hydrogen-bond donors (Lipinski definition) is 1. The van der Waals surface area contributed by atoms with Crippen LogP contribution in [-0.2, 0) is 4.74 Å². The third-order valence-corrected chi connectivity index (χ3v) is 1.73. The van der Waals surface area contributed by atoms with Crippen LogP contribution in [0.3, 0.4) is 0 Å². The fraction of sp³-hybridized carbons (Fsp3) is 1.00. The molecule has 1 N–H and O–H groups in total. The Hall–Kier alpha value is -0.220. The first-order valence-corrected chi connectivity index (χ1v) is 3.84. The number of alkyl halides is 2. The number of nitrogens with one attached hydrogen (secondary N) is 1. The zero-order valence-electron chi connectivity index (χ0n) is 6.52. The van der Waals surface area contributed by atoms with Gasteiger partial charge in [-0.3, -0.25) is 0 Å². The normalized spacial score (nSPS) is 33.8. The van der Waals surface area contributed by atoms with E-state index in [0.717, 1.165) is 0 Å². The second-order valence-electron chi connectivity index (χ2n) is 2.81. The lowest BCUT2D eigenvalue weighted by molar-refractivity contribution is -0.0785. The van der Waals surface area contributed by atoms with Gasteiger partial charge < -0.3 is 10.1 Å². The first-order chi connectivity index (χ1) is 5.20.